The topological polar surface area (TPSA) is 282 Å². The zero-order chi connectivity index (χ0) is 43.3. The van der Waals surface area contributed by atoms with Crippen molar-refractivity contribution in [3.8, 4) is 5.75 Å². The number of fused-ring (bicyclic) bond motifs is 1. The fraction of sp³-hybridized carbons (Fsp3) is 0.0526. The van der Waals surface area contributed by atoms with Gasteiger partial charge < -0.3 is 10.4 Å². The first-order valence-electron chi connectivity index (χ1n) is 16.5. The van der Waals surface area contributed by atoms with Crippen LogP contribution in [0.15, 0.2) is 141 Å². The molecule has 0 unspecified atom stereocenters. The van der Waals surface area contributed by atoms with Gasteiger partial charge in [-0.3, -0.25) is 14.7 Å². The maximum atomic E-state index is 11.8. The van der Waals surface area contributed by atoms with Gasteiger partial charge >= 0.3 is 21.2 Å². The van der Waals surface area contributed by atoms with Crippen molar-refractivity contribution in [3.05, 3.63) is 148 Å². The normalized spacial score (nSPS) is 11.2. The Labute approximate surface area is 339 Å². The number of anilines is 2. The van der Waals surface area contributed by atoms with Crippen LogP contribution in [0, 0.1) is 24.0 Å². The fourth-order valence-electron chi connectivity index (χ4n) is 5.20. The van der Waals surface area contributed by atoms with Crippen molar-refractivity contribution in [3.63, 3.8) is 0 Å². The first-order valence-corrected chi connectivity index (χ1v) is 20.0. The summed E-state index contributed by atoms with van der Waals surface area (Å²) in [6, 6.07) is 33.0. The van der Waals surface area contributed by atoms with E-state index < -0.39 is 46.8 Å². The molecule has 0 amide bonds. The van der Waals surface area contributed by atoms with Crippen LogP contribution >= 0.6 is 0 Å². The number of aromatic hydroxyl groups is 1. The third kappa shape index (κ3) is 13.4. The number of azo groups is 2. The number of nitro benzene ring substituents is 1. The SMILES string of the molecule is Cc1cc(N=Nc2ccc3cc(Nc4ccccc4)ccc3c2O)c(C)cc1N=Nc1ccc(C=Cc2ccc([N+](=O)[O-])cc2S(=O)(=O)O)cc1.O=S(=O)=O.O=S(=O)=O. The van der Waals surface area contributed by atoms with Gasteiger partial charge in [-0.2, -0.15) is 23.8 Å². The maximum Gasteiger partial charge on any atom is 0.425 e. The van der Waals surface area contributed by atoms with Crippen LogP contribution in [0.25, 0.3) is 22.9 Å². The Balaban J connectivity index is 0.000000882. The van der Waals surface area contributed by atoms with Crippen LogP contribution in [0.1, 0.15) is 22.3 Å². The molecule has 6 rings (SSSR count). The number of nitrogens with one attached hydrogen (secondary N) is 1. The third-order valence-electron chi connectivity index (χ3n) is 7.92. The summed E-state index contributed by atoms with van der Waals surface area (Å²) < 4.78 is 83.8. The number of benzene rings is 6. The Morgan fingerprint density at radius 1 is 0.661 bits per heavy atom. The first kappa shape index (κ1) is 44.4. The van der Waals surface area contributed by atoms with E-state index in [0.717, 1.165) is 40.0 Å². The summed E-state index contributed by atoms with van der Waals surface area (Å²) in [5, 5.41) is 44.4. The molecule has 59 heavy (non-hydrogen) atoms. The summed E-state index contributed by atoms with van der Waals surface area (Å²) >= 11 is 0. The monoisotopic (exact) mass is 858 g/mol. The number of nitrogens with zero attached hydrogens (tertiary/aromatic N) is 5. The molecular weight excluding hydrogens is 829 g/mol. The Bertz CT molecular complexity index is 2920. The van der Waals surface area contributed by atoms with Gasteiger partial charge in [-0.1, -0.05) is 48.6 Å². The number of rotatable bonds is 10. The molecule has 0 atom stereocenters. The molecule has 18 nitrogen and oxygen atoms in total. The minimum atomic E-state index is -4.68. The molecule has 0 fully saturated rings. The van der Waals surface area contributed by atoms with Gasteiger partial charge in [-0.05, 0) is 108 Å². The van der Waals surface area contributed by atoms with Gasteiger partial charge in [0.2, 0.25) is 0 Å². The summed E-state index contributed by atoms with van der Waals surface area (Å²) in [5.41, 5.74) is 6.00. The van der Waals surface area contributed by atoms with E-state index in [0.29, 0.717) is 33.7 Å². The average Bonchev–Trinajstić information content (AvgIpc) is 3.17. The lowest BCUT2D eigenvalue weighted by Gasteiger charge is -2.09. The Hall–Kier alpha value is -7.33. The highest BCUT2D eigenvalue weighted by atomic mass is 32.2. The molecule has 0 aliphatic carbocycles. The van der Waals surface area contributed by atoms with Gasteiger partial charge in [0, 0.05) is 28.9 Å². The highest BCUT2D eigenvalue weighted by Crippen LogP contribution is 2.38. The van der Waals surface area contributed by atoms with Gasteiger partial charge in [0.25, 0.3) is 15.8 Å². The molecule has 3 N–H and O–H groups in total. The number of phenols is 1. The van der Waals surface area contributed by atoms with Crippen molar-refractivity contribution < 1.29 is 48.3 Å². The highest BCUT2D eigenvalue weighted by Gasteiger charge is 2.19. The lowest BCUT2D eigenvalue weighted by molar-refractivity contribution is -0.385. The molecule has 21 heteroatoms. The minimum absolute atomic E-state index is 0.0398. The Morgan fingerprint density at radius 3 is 1.81 bits per heavy atom. The average molecular weight is 859 g/mol. The van der Waals surface area contributed by atoms with Crippen molar-refractivity contribution >= 4 is 94.1 Å². The minimum Gasteiger partial charge on any atom is -0.505 e. The predicted octanol–water partition coefficient (Wildman–Crippen LogP) is 9.05. The highest BCUT2D eigenvalue weighted by molar-refractivity contribution is 7.86. The van der Waals surface area contributed by atoms with E-state index in [9.17, 15) is 28.2 Å². The van der Waals surface area contributed by atoms with Crippen molar-refractivity contribution in [2.75, 3.05) is 5.32 Å². The molecule has 0 radical (unpaired) electrons. The number of non-ortho nitro benzene ring substituents is 1. The summed E-state index contributed by atoms with van der Waals surface area (Å²) in [7, 11) is -10.9. The Kier molecular flexibility index (Phi) is 15.2. The molecule has 0 aliphatic heterocycles. The van der Waals surface area contributed by atoms with Gasteiger partial charge in [-0.25, -0.2) is 0 Å². The number of aryl methyl sites for hydroxylation is 2. The van der Waals surface area contributed by atoms with Crippen LogP contribution in [0.2, 0.25) is 0 Å². The molecule has 302 valence electrons. The number of hydrogen-bond acceptors (Lipinski definition) is 16. The molecule has 0 aliphatic rings. The van der Waals surface area contributed by atoms with Crippen molar-refractivity contribution in [1.29, 1.82) is 0 Å². The van der Waals surface area contributed by atoms with Crippen LogP contribution < -0.4 is 5.32 Å². The zero-order valence-electron chi connectivity index (χ0n) is 30.6. The van der Waals surface area contributed by atoms with E-state index in [2.05, 4.69) is 25.8 Å². The standard InChI is InChI=1S/C38H30N6O6S.2O3S/c1-24-21-36(43-41-34-19-13-28-22-31(16-18-33(28)38(34)45)39-29-6-4-3-5-7-29)25(2)20-35(24)42-40-30-14-9-26(10-15-30)8-11-27-12-17-32(44(46)47)23-37(27)51(48,49)50;2*1-4(2)3/h3-23,39,45H,1-2H3,(H,48,49,50);;. The predicted molar refractivity (Wildman–Crippen MR) is 217 cm³/mol. The number of hydrogen-bond donors (Lipinski definition) is 3. The Morgan fingerprint density at radius 2 is 1.24 bits per heavy atom. The zero-order valence-corrected chi connectivity index (χ0v) is 33.0. The van der Waals surface area contributed by atoms with E-state index in [1.807, 2.05) is 80.6 Å². The summed E-state index contributed by atoms with van der Waals surface area (Å²) in [6.07, 6.45) is 3.05. The molecule has 6 aromatic rings. The molecule has 0 bridgehead atoms. The van der Waals surface area contributed by atoms with Crippen molar-refractivity contribution in [1.82, 2.24) is 0 Å². The molecule has 6 aromatic carbocycles. The molecule has 0 saturated heterocycles. The van der Waals surface area contributed by atoms with Crippen LogP contribution in [0.5, 0.6) is 5.75 Å². The van der Waals surface area contributed by atoms with E-state index in [1.165, 1.54) is 12.1 Å². The van der Waals surface area contributed by atoms with Gasteiger partial charge in [0.05, 0.1) is 22.0 Å². The van der Waals surface area contributed by atoms with E-state index in [1.54, 1.807) is 36.4 Å². The van der Waals surface area contributed by atoms with Crippen LogP contribution in [-0.2, 0) is 31.3 Å². The molecule has 0 spiro atoms. The second-order valence-electron chi connectivity index (χ2n) is 12.0. The van der Waals surface area contributed by atoms with E-state index in [-0.39, 0.29) is 11.3 Å². The molecule has 0 heterocycles. The maximum absolute atomic E-state index is 11.8. The summed E-state index contributed by atoms with van der Waals surface area (Å²) in [6.45, 7) is 3.77. The number of para-hydroxylation sites is 1. The molecule has 0 saturated carbocycles. The van der Waals surface area contributed by atoms with E-state index >= 15 is 0 Å². The smallest absolute Gasteiger partial charge is 0.425 e. The fourth-order valence-corrected chi connectivity index (χ4v) is 5.91. The second-order valence-corrected chi connectivity index (χ2v) is 14.2. The second kappa shape index (κ2) is 20.2. The quantitative estimate of drug-likeness (QED) is 0.0381. The summed E-state index contributed by atoms with van der Waals surface area (Å²) in [5.74, 6) is 0.0398. The largest absolute Gasteiger partial charge is 0.505 e. The molecule has 0 aromatic heterocycles. The van der Waals surface area contributed by atoms with Gasteiger partial charge in [0.15, 0.2) is 5.75 Å². The van der Waals surface area contributed by atoms with Crippen LogP contribution in [-0.4, -0.2) is 48.3 Å². The van der Waals surface area contributed by atoms with Crippen LogP contribution in [0.4, 0.5) is 39.8 Å². The van der Waals surface area contributed by atoms with Crippen LogP contribution in [0.3, 0.4) is 0 Å². The molecular formula is C38H30N6O12S3. The lowest BCUT2D eigenvalue weighted by Crippen LogP contribution is -2.02. The lowest BCUT2D eigenvalue weighted by atomic mass is 10.1. The van der Waals surface area contributed by atoms with Crippen molar-refractivity contribution in [2.45, 2.75) is 18.7 Å². The van der Waals surface area contributed by atoms with E-state index in [4.69, 9.17) is 25.3 Å². The first-order chi connectivity index (χ1) is 27.9. The van der Waals surface area contributed by atoms with Gasteiger partial charge in [0.1, 0.15) is 10.6 Å². The van der Waals surface area contributed by atoms with Crippen molar-refractivity contribution in [2.24, 2.45) is 20.5 Å². The summed E-state index contributed by atoms with van der Waals surface area (Å²) in [4.78, 5) is 9.74. The van der Waals surface area contributed by atoms with Gasteiger partial charge in [-0.15, -0.1) is 30.4 Å². The third-order valence-corrected chi connectivity index (χ3v) is 8.83. The number of phenolic OH excluding ortho intramolecular Hbond substituents is 1. The number of nitro groups is 1.